The summed E-state index contributed by atoms with van der Waals surface area (Å²) in [7, 11) is 0.481. The maximum atomic E-state index is 2.34. The van der Waals surface area contributed by atoms with Crippen molar-refractivity contribution in [2.75, 3.05) is 11.5 Å². The molecule has 1 rings (SSSR count). The fourth-order valence-electron chi connectivity index (χ4n) is 1.68. The minimum atomic E-state index is 0. The van der Waals surface area contributed by atoms with Crippen LogP contribution in [0.3, 0.4) is 0 Å². The van der Waals surface area contributed by atoms with Gasteiger partial charge in [0.15, 0.2) is 0 Å². The Kier molecular flexibility index (Phi) is 9.75. The number of allylic oxidation sites excluding steroid dienone is 5. The Morgan fingerprint density at radius 2 is 1.81 bits per heavy atom. The minimum absolute atomic E-state index is 0. The Bertz CT molecular complexity index is 298. The lowest BCUT2D eigenvalue weighted by molar-refractivity contribution is 1.01. The molecule has 1 atom stereocenters. The topological polar surface area (TPSA) is 0 Å². The van der Waals surface area contributed by atoms with Crippen LogP contribution in [0.1, 0.15) is 33.1 Å². The van der Waals surface area contributed by atoms with Crippen molar-refractivity contribution in [2.24, 2.45) is 0 Å². The van der Waals surface area contributed by atoms with Gasteiger partial charge in [-0.25, -0.2) is 0 Å². The molecule has 0 aromatic rings. The second kappa shape index (κ2) is 9.92. The molecule has 16 heavy (non-hydrogen) atoms. The molecule has 0 saturated heterocycles. The van der Waals surface area contributed by atoms with E-state index in [0.717, 1.165) is 0 Å². The Morgan fingerprint density at radius 1 is 1.06 bits per heavy atom. The highest BCUT2D eigenvalue weighted by Crippen LogP contribution is 2.21. The lowest BCUT2D eigenvalue weighted by atomic mass is 10.2. The van der Waals surface area contributed by atoms with Crippen LogP contribution in [0.2, 0.25) is 0 Å². The zero-order valence-electron chi connectivity index (χ0n) is 10.3. The van der Waals surface area contributed by atoms with E-state index < -0.39 is 0 Å². The number of hydrogen-bond acceptors (Lipinski definition) is 0. The summed E-state index contributed by atoms with van der Waals surface area (Å²) in [6, 6.07) is 0. The van der Waals surface area contributed by atoms with E-state index in [1.165, 1.54) is 30.8 Å². The van der Waals surface area contributed by atoms with Gasteiger partial charge in [-0.05, 0) is 23.5 Å². The summed E-state index contributed by atoms with van der Waals surface area (Å²) in [5, 5.41) is 0. The maximum Gasteiger partial charge on any atom is 0.00689 e. The molecule has 0 bridgehead atoms. The highest BCUT2D eigenvalue weighted by Gasteiger charge is 2.00. The predicted molar refractivity (Wildman–Crippen MR) is 82.2 cm³/mol. The normalized spacial score (nSPS) is 19.9. The summed E-state index contributed by atoms with van der Waals surface area (Å²) in [5.74, 6) is 2.59. The molecule has 0 aliphatic carbocycles. The molecule has 0 fully saturated rings. The van der Waals surface area contributed by atoms with Crippen molar-refractivity contribution in [1.82, 2.24) is 0 Å². The van der Waals surface area contributed by atoms with Gasteiger partial charge >= 0.3 is 0 Å². The van der Waals surface area contributed by atoms with E-state index >= 15 is 0 Å². The molecule has 0 spiro atoms. The Labute approximate surface area is 109 Å². The van der Waals surface area contributed by atoms with E-state index in [1.807, 2.05) is 0 Å². The molecule has 1 unspecified atom stereocenters. The van der Waals surface area contributed by atoms with Gasteiger partial charge in [-0.3, -0.25) is 0 Å². The van der Waals surface area contributed by atoms with Gasteiger partial charge in [-0.2, -0.15) is 10.5 Å². The van der Waals surface area contributed by atoms with Crippen LogP contribution in [0.15, 0.2) is 36.5 Å². The number of rotatable bonds is 4. The monoisotopic (exact) mass is 258 g/mol. The van der Waals surface area contributed by atoms with E-state index in [-0.39, 0.29) is 12.4 Å². The second-order valence-electron chi connectivity index (χ2n) is 3.75. The van der Waals surface area contributed by atoms with Crippen LogP contribution in [0, 0.1) is 0 Å². The van der Waals surface area contributed by atoms with Crippen LogP contribution < -0.4 is 0 Å². The SMILES string of the molecule is CCCC1=S(CCC)CC=CC=CC=C1.Cl. The van der Waals surface area contributed by atoms with Crippen molar-refractivity contribution in [3.63, 3.8) is 0 Å². The van der Waals surface area contributed by atoms with Crippen LogP contribution in [0.4, 0.5) is 0 Å². The maximum absolute atomic E-state index is 2.34. The van der Waals surface area contributed by atoms with E-state index in [1.54, 1.807) is 4.86 Å². The number of halogens is 1. The van der Waals surface area contributed by atoms with Crippen LogP contribution in [-0.2, 0) is 0 Å². The number of hydrogen-bond donors (Lipinski definition) is 0. The average molecular weight is 259 g/mol. The third-order valence-corrected chi connectivity index (χ3v) is 4.94. The van der Waals surface area contributed by atoms with Crippen molar-refractivity contribution >= 4 is 27.8 Å². The van der Waals surface area contributed by atoms with Crippen LogP contribution in [-0.4, -0.2) is 16.4 Å². The van der Waals surface area contributed by atoms with Crippen LogP contribution >= 0.6 is 22.9 Å². The first-order chi connectivity index (χ1) is 7.38. The lowest BCUT2D eigenvalue weighted by Gasteiger charge is -2.11. The average Bonchev–Trinajstić information content (AvgIpc) is 2.34. The molecule has 0 radical (unpaired) electrons. The van der Waals surface area contributed by atoms with Gasteiger partial charge in [0.2, 0.25) is 0 Å². The Balaban J connectivity index is 0.00000225. The Morgan fingerprint density at radius 3 is 2.50 bits per heavy atom. The second-order valence-corrected chi connectivity index (χ2v) is 6.00. The van der Waals surface area contributed by atoms with Gasteiger partial charge < -0.3 is 0 Å². The third kappa shape index (κ3) is 5.72. The van der Waals surface area contributed by atoms with E-state index in [0.29, 0.717) is 10.5 Å². The van der Waals surface area contributed by atoms with E-state index in [2.05, 4.69) is 50.3 Å². The summed E-state index contributed by atoms with van der Waals surface area (Å²) in [6.07, 6.45) is 17.1. The summed E-state index contributed by atoms with van der Waals surface area (Å²) < 4.78 is 0. The molecule has 0 N–H and O–H groups in total. The molecule has 1 aliphatic rings. The highest BCUT2D eigenvalue weighted by molar-refractivity contribution is 8.16. The first-order valence-corrected chi connectivity index (χ1v) is 7.48. The molecule has 1 heterocycles. The Hall–Kier alpha value is -0.270. The van der Waals surface area contributed by atoms with Crippen molar-refractivity contribution < 1.29 is 0 Å². The summed E-state index contributed by atoms with van der Waals surface area (Å²) in [4.78, 5) is 1.66. The van der Waals surface area contributed by atoms with E-state index in [4.69, 9.17) is 0 Å². The third-order valence-electron chi connectivity index (χ3n) is 2.37. The minimum Gasteiger partial charge on any atom is -0.179 e. The van der Waals surface area contributed by atoms with E-state index in [9.17, 15) is 0 Å². The molecule has 0 saturated carbocycles. The van der Waals surface area contributed by atoms with Crippen molar-refractivity contribution in [2.45, 2.75) is 33.1 Å². The molecule has 0 amide bonds. The first-order valence-electron chi connectivity index (χ1n) is 5.91. The molecule has 2 heteroatoms. The summed E-state index contributed by atoms with van der Waals surface area (Å²) >= 11 is 0. The largest absolute Gasteiger partial charge is 0.179 e. The molecule has 0 nitrogen and oxygen atoms in total. The van der Waals surface area contributed by atoms with Crippen LogP contribution in [0.25, 0.3) is 0 Å². The van der Waals surface area contributed by atoms with Gasteiger partial charge in [-0.15, -0.1) is 12.4 Å². The van der Waals surface area contributed by atoms with Gasteiger partial charge in [0.05, 0.1) is 0 Å². The molecule has 0 aromatic carbocycles. The quantitative estimate of drug-likeness (QED) is 0.639. The molecular formula is C14H23ClS. The predicted octanol–water partition coefficient (Wildman–Crippen LogP) is 4.74. The van der Waals surface area contributed by atoms with Crippen molar-refractivity contribution in [3.8, 4) is 0 Å². The van der Waals surface area contributed by atoms with Crippen molar-refractivity contribution in [3.05, 3.63) is 36.5 Å². The van der Waals surface area contributed by atoms with Gasteiger partial charge in [0.1, 0.15) is 0 Å². The van der Waals surface area contributed by atoms with Gasteiger partial charge in [0.25, 0.3) is 0 Å². The fourth-order valence-corrected chi connectivity index (χ4v) is 3.92. The molecule has 0 aromatic heterocycles. The standard InChI is InChI=1S/C14H22S.ClH/c1-3-10-14-11-8-6-5-7-9-13-15(14)12-4-2;/h5-9,11H,3-4,10,12-13H2,1-2H3;1H. The molecule has 1 aliphatic heterocycles. The fraction of sp³-hybridized carbons (Fsp3) is 0.500. The first kappa shape index (κ1) is 15.7. The highest BCUT2D eigenvalue weighted by atomic mass is 35.5. The van der Waals surface area contributed by atoms with Crippen molar-refractivity contribution in [1.29, 1.82) is 0 Å². The smallest absolute Gasteiger partial charge is 0.00689 e. The zero-order valence-corrected chi connectivity index (χ0v) is 11.9. The lowest BCUT2D eigenvalue weighted by Crippen LogP contribution is -1.98. The van der Waals surface area contributed by atoms with Crippen LogP contribution in [0.5, 0.6) is 0 Å². The molecule has 92 valence electrons. The zero-order chi connectivity index (χ0) is 10.9. The van der Waals surface area contributed by atoms with Gasteiger partial charge in [-0.1, -0.05) is 56.7 Å². The molecular weight excluding hydrogens is 236 g/mol. The summed E-state index contributed by atoms with van der Waals surface area (Å²) in [5.41, 5.74) is 0. The summed E-state index contributed by atoms with van der Waals surface area (Å²) in [6.45, 7) is 4.56. The van der Waals surface area contributed by atoms with Gasteiger partial charge in [0, 0.05) is 5.75 Å².